The molecule has 30 heavy (non-hydrogen) atoms. The lowest BCUT2D eigenvalue weighted by atomic mass is 9.95. The second-order valence-corrected chi connectivity index (χ2v) is 7.95. The van der Waals surface area contributed by atoms with Gasteiger partial charge in [-0.3, -0.25) is 19.7 Å². The Hall–Kier alpha value is -3.73. The maximum Gasteiger partial charge on any atom is 0.255 e. The molecule has 2 aromatic rings. The summed E-state index contributed by atoms with van der Waals surface area (Å²) < 4.78 is 0. The first kappa shape index (κ1) is 18.3. The number of aromatic nitrogens is 1. The molecular weight excluding hydrogens is 382 g/mol. The summed E-state index contributed by atoms with van der Waals surface area (Å²) in [5, 5.41) is 12.2. The van der Waals surface area contributed by atoms with E-state index in [0.717, 1.165) is 18.4 Å². The monoisotopic (exact) mass is 401 g/mol. The Morgan fingerprint density at radius 1 is 1.13 bits per heavy atom. The van der Waals surface area contributed by atoms with Crippen LogP contribution in [-0.4, -0.2) is 33.6 Å². The molecule has 3 heterocycles. The van der Waals surface area contributed by atoms with Crippen LogP contribution in [0.15, 0.2) is 30.3 Å². The molecule has 3 amide bonds. The number of imide groups is 1. The highest BCUT2D eigenvalue weighted by molar-refractivity contribution is 6.06. The summed E-state index contributed by atoms with van der Waals surface area (Å²) in [6.07, 6.45) is 2.40. The molecule has 2 unspecified atom stereocenters. The van der Waals surface area contributed by atoms with Crippen LogP contribution in [0.25, 0.3) is 0 Å². The van der Waals surface area contributed by atoms with E-state index in [-0.39, 0.29) is 24.7 Å². The normalized spacial score (nSPS) is 23.2. The average Bonchev–Trinajstić information content (AvgIpc) is 3.53. The molecule has 0 radical (unpaired) electrons. The van der Waals surface area contributed by atoms with E-state index in [9.17, 15) is 19.6 Å². The van der Waals surface area contributed by atoms with Crippen molar-refractivity contribution in [1.82, 2.24) is 15.2 Å². The molecule has 2 fully saturated rings. The average molecular weight is 401 g/mol. The summed E-state index contributed by atoms with van der Waals surface area (Å²) in [6.45, 7) is 0. The molecule has 2 aliphatic heterocycles. The maximum absolute atomic E-state index is 13.3. The Morgan fingerprint density at radius 2 is 1.90 bits per heavy atom. The number of carbonyl (C=O) groups excluding carboxylic acids is 3. The van der Waals surface area contributed by atoms with Crippen LogP contribution in [0, 0.1) is 11.3 Å². The Labute approximate surface area is 172 Å². The van der Waals surface area contributed by atoms with Crippen molar-refractivity contribution in [3.05, 3.63) is 58.3 Å². The largest absolute Gasteiger partial charge is 0.383 e. The van der Waals surface area contributed by atoms with Crippen LogP contribution in [0.2, 0.25) is 0 Å². The number of amides is 3. The van der Waals surface area contributed by atoms with Crippen LogP contribution in [0.3, 0.4) is 0 Å². The van der Waals surface area contributed by atoms with Crippen LogP contribution in [0.1, 0.15) is 70.4 Å². The second-order valence-electron chi connectivity index (χ2n) is 7.95. The van der Waals surface area contributed by atoms with Crippen molar-refractivity contribution in [1.29, 1.82) is 5.26 Å². The van der Waals surface area contributed by atoms with E-state index in [1.165, 1.54) is 4.90 Å². The first-order valence-electron chi connectivity index (χ1n) is 9.95. The number of rotatable bonds is 3. The van der Waals surface area contributed by atoms with E-state index in [1.54, 1.807) is 30.3 Å². The number of piperidine rings is 1. The molecule has 3 N–H and O–H groups in total. The van der Waals surface area contributed by atoms with Gasteiger partial charge in [0.1, 0.15) is 24.0 Å². The Bertz CT molecular complexity index is 1150. The van der Waals surface area contributed by atoms with Crippen LogP contribution in [0.5, 0.6) is 0 Å². The van der Waals surface area contributed by atoms with Crippen LogP contribution >= 0.6 is 0 Å². The van der Waals surface area contributed by atoms with Crippen molar-refractivity contribution in [3.8, 4) is 6.07 Å². The molecule has 0 bridgehead atoms. The number of pyridine rings is 1. The summed E-state index contributed by atoms with van der Waals surface area (Å²) in [6, 6.07) is 9.48. The van der Waals surface area contributed by atoms with E-state index < -0.39 is 18.0 Å². The van der Waals surface area contributed by atoms with Crippen LogP contribution in [0.4, 0.5) is 5.82 Å². The van der Waals surface area contributed by atoms with Gasteiger partial charge in [0.25, 0.3) is 5.91 Å². The van der Waals surface area contributed by atoms with E-state index >= 15 is 0 Å². The smallest absolute Gasteiger partial charge is 0.255 e. The zero-order valence-electron chi connectivity index (χ0n) is 16.1. The molecule has 1 saturated heterocycles. The third-order valence-corrected chi connectivity index (χ3v) is 6.05. The van der Waals surface area contributed by atoms with Gasteiger partial charge in [-0.05, 0) is 48.4 Å². The van der Waals surface area contributed by atoms with Gasteiger partial charge in [-0.2, -0.15) is 5.26 Å². The summed E-state index contributed by atoms with van der Waals surface area (Å²) >= 11 is 0. The van der Waals surface area contributed by atoms with Crippen LogP contribution < -0.4 is 11.1 Å². The highest BCUT2D eigenvalue weighted by Gasteiger charge is 2.47. The van der Waals surface area contributed by atoms with Crippen molar-refractivity contribution in [2.45, 2.75) is 43.7 Å². The first-order chi connectivity index (χ1) is 14.5. The van der Waals surface area contributed by atoms with E-state index in [1.807, 2.05) is 0 Å². The van der Waals surface area contributed by atoms with Crippen molar-refractivity contribution in [2.75, 3.05) is 5.73 Å². The van der Waals surface area contributed by atoms with Crippen molar-refractivity contribution in [2.24, 2.45) is 0 Å². The molecule has 1 saturated carbocycles. The molecule has 0 spiro atoms. The zero-order chi connectivity index (χ0) is 21.0. The molecule has 8 heteroatoms. The number of benzene rings is 1. The molecule has 5 rings (SSSR count). The van der Waals surface area contributed by atoms with Gasteiger partial charge in [0.15, 0.2) is 0 Å². The van der Waals surface area contributed by atoms with E-state index in [2.05, 4.69) is 16.4 Å². The highest BCUT2D eigenvalue weighted by atomic mass is 16.2. The number of anilines is 1. The zero-order valence-corrected chi connectivity index (χ0v) is 16.1. The molecule has 1 aromatic heterocycles. The summed E-state index contributed by atoms with van der Waals surface area (Å²) in [5.74, 6) is -0.515. The van der Waals surface area contributed by atoms with Gasteiger partial charge in [0, 0.05) is 12.0 Å². The van der Waals surface area contributed by atoms with Gasteiger partial charge in [-0.1, -0.05) is 18.2 Å². The number of fused-ring (bicyclic) bond motifs is 1. The number of hydrogen-bond acceptors (Lipinski definition) is 6. The second kappa shape index (κ2) is 6.66. The third kappa shape index (κ3) is 2.74. The summed E-state index contributed by atoms with van der Waals surface area (Å²) in [7, 11) is 0. The number of carbonyl (C=O) groups is 3. The molecule has 150 valence electrons. The number of nitrogens with one attached hydrogen (secondary N) is 1. The SMILES string of the molecule is N#Cc1cc(C2CC2)c(N)nc1C1c2ccccc2C(=O)N1C1CCC(=O)NC1=O. The number of hydrogen-bond donors (Lipinski definition) is 2. The fourth-order valence-corrected chi connectivity index (χ4v) is 4.46. The standard InChI is InChI=1S/C22H19N5O3/c23-10-12-9-15(11-5-6-11)20(24)26-18(12)19-13-3-1-2-4-14(13)22(30)27(19)16-7-8-17(28)25-21(16)29/h1-4,9,11,16,19H,5-8H2,(H2,24,26)(H,25,28,29). The highest BCUT2D eigenvalue weighted by Crippen LogP contribution is 2.45. The molecule has 2 atom stereocenters. The predicted molar refractivity (Wildman–Crippen MR) is 106 cm³/mol. The number of nitrogens with zero attached hydrogens (tertiary/aromatic N) is 3. The number of nitriles is 1. The lowest BCUT2D eigenvalue weighted by Gasteiger charge is -2.34. The molecule has 1 aliphatic carbocycles. The Morgan fingerprint density at radius 3 is 2.60 bits per heavy atom. The minimum Gasteiger partial charge on any atom is -0.383 e. The number of nitrogens with two attached hydrogens (primary N) is 1. The van der Waals surface area contributed by atoms with Crippen molar-refractivity contribution < 1.29 is 14.4 Å². The third-order valence-electron chi connectivity index (χ3n) is 6.05. The fraction of sp³-hybridized carbons (Fsp3) is 0.318. The summed E-state index contributed by atoms with van der Waals surface area (Å²) in [4.78, 5) is 43.5. The van der Waals surface area contributed by atoms with Gasteiger partial charge in [0.2, 0.25) is 11.8 Å². The van der Waals surface area contributed by atoms with E-state index in [4.69, 9.17) is 5.73 Å². The first-order valence-corrected chi connectivity index (χ1v) is 9.95. The van der Waals surface area contributed by atoms with Gasteiger partial charge in [-0.25, -0.2) is 4.98 Å². The van der Waals surface area contributed by atoms with Gasteiger partial charge >= 0.3 is 0 Å². The van der Waals surface area contributed by atoms with Crippen LogP contribution in [-0.2, 0) is 9.59 Å². The van der Waals surface area contributed by atoms with Crippen molar-refractivity contribution in [3.63, 3.8) is 0 Å². The molecular formula is C22H19N5O3. The van der Waals surface area contributed by atoms with Crippen molar-refractivity contribution >= 4 is 23.5 Å². The fourth-order valence-electron chi connectivity index (χ4n) is 4.46. The molecule has 3 aliphatic rings. The van der Waals surface area contributed by atoms with E-state index in [0.29, 0.717) is 34.1 Å². The van der Waals surface area contributed by atoms with Gasteiger partial charge < -0.3 is 10.6 Å². The summed E-state index contributed by atoms with van der Waals surface area (Å²) in [5.41, 5.74) is 8.94. The minimum atomic E-state index is -0.828. The Kier molecular flexibility index (Phi) is 4.07. The molecule has 1 aromatic carbocycles. The van der Waals surface area contributed by atoms with Gasteiger partial charge in [0.05, 0.1) is 11.3 Å². The molecule has 8 nitrogen and oxygen atoms in total. The topological polar surface area (TPSA) is 129 Å². The van der Waals surface area contributed by atoms with Gasteiger partial charge in [-0.15, -0.1) is 0 Å². The Balaban J connectivity index is 1.67. The minimum absolute atomic E-state index is 0.143. The maximum atomic E-state index is 13.3. The lowest BCUT2D eigenvalue weighted by Crippen LogP contribution is -2.53. The quantitative estimate of drug-likeness (QED) is 0.754. The predicted octanol–water partition coefficient (Wildman–Crippen LogP) is 1.76. The number of nitrogen functional groups attached to an aromatic ring is 1. The lowest BCUT2D eigenvalue weighted by molar-refractivity contribution is -0.137.